The zero-order valence-corrected chi connectivity index (χ0v) is 10.3. The van der Waals surface area contributed by atoms with Gasteiger partial charge in [-0.1, -0.05) is 42.5 Å². The summed E-state index contributed by atoms with van der Waals surface area (Å²) < 4.78 is 4.93. The Hall–Kier alpha value is -2.16. The van der Waals surface area contributed by atoms with Crippen LogP contribution in [-0.4, -0.2) is 17.9 Å². The highest BCUT2D eigenvalue weighted by Gasteiger charge is 2.20. The highest BCUT2D eigenvalue weighted by molar-refractivity contribution is 6.42. The molecule has 0 aromatic heterocycles. The normalized spacial score (nSPS) is 10.6. The molecular formula is C15H14O3. The van der Waals surface area contributed by atoms with Crippen LogP contribution in [-0.2, 0) is 9.53 Å². The van der Waals surface area contributed by atoms with Crippen LogP contribution in [0.2, 0.25) is 0 Å². The lowest BCUT2D eigenvalue weighted by atomic mass is 10.0. The van der Waals surface area contributed by atoms with Crippen molar-refractivity contribution in [3.63, 3.8) is 0 Å². The number of hydrogen-bond acceptors (Lipinski definition) is 3. The molecule has 0 atom stereocenters. The van der Waals surface area contributed by atoms with Crippen LogP contribution in [0.25, 0.3) is 10.8 Å². The number of Topliss-reactive ketones (excluding diaryl/α,β-unsaturated/α-hetero) is 1. The van der Waals surface area contributed by atoms with Crippen LogP contribution in [0.1, 0.15) is 24.2 Å². The maximum atomic E-state index is 12.0. The van der Waals surface area contributed by atoms with Gasteiger partial charge in [-0.25, -0.2) is 4.79 Å². The summed E-state index contributed by atoms with van der Waals surface area (Å²) in [5.74, 6) is -1.40. The third kappa shape index (κ3) is 2.40. The lowest BCUT2D eigenvalue weighted by Gasteiger charge is -2.08. The number of ketones is 1. The second kappa shape index (κ2) is 5.00. The third-order valence-corrected chi connectivity index (χ3v) is 2.56. The van der Waals surface area contributed by atoms with Crippen LogP contribution >= 0.6 is 0 Å². The van der Waals surface area contributed by atoms with E-state index in [1.807, 2.05) is 30.3 Å². The molecule has 2 rings (SSSR count). The highest BCUT2D eigenvalue weighted by atomic mass is 16.5. The van der Waals surface area contributed by atoms with E-state index in [9.17, 15) is 9.59 Å². The van der Waals surface area contributed by atoms with Gasteiger partial charge < -0.3 is 4.74 Å². The Bertz CT molecular complexity index is 594. The maximum absolute atomic E-state index is 12.0. The fourth-order valence-corrected chi connectivity index (χ4v) is 1.80. The van der Waals surface area contributed by atoms with Crippen LogP contribution in [0.3, 0.4) is 0 Å². The van der Waals surface area contributed by atoms with Crippen molar-refractivity contribution in [1.82, 2.24) is 0 Å². The number of rotatable bonds is 3. The number of esters is 1. The summed E-state index contributed by atoms with van der Waals surface area (Å²) in [7, 11) is 0. The second-order valence-electron chi connectivity index (χ2n) is 4.31. The zero-order chi connectivity index (χ0) is 13.1. The van der Waals surface area contributed by atoms with Gasteiger partial charge in [0.25, 0.3) is 5.78 Å². The summed E-state index contributed by atoms with van der Waals surface area (Å²) in [6.07, 6.45) is -0.295. The molecule has 0 spiro atoms. The van der Waals surface area contributed by atoms with Crippen molar-refractivity contribution < 1.29 is 14.3 Å². The van der Waals surface area contributed by atoms with Crippen molar-refractivity contribution in [1.29, 1.82) is 0 Å². The Morgan fingerprint density at radius 1 is 1.00 bits per heavy atom. The summed E-state index contributed by atoms with van der Waals surface area (Å²) in [5, 5.41) is 1.70. The molecule has 0 aliphatic rings. The first kappa shape index (κ1) is 12.3. The van der Waals surface area contributed by atoms with Crippen LogP contribution < -0.4 is 0 Å². The van der Waals surface area contributed by atoms with Crippen molar-refractivity contribution in [2.75, 3.05) is 0 Å². The molecule has 92 valence electrons. The van der Waals surface area contributed by atoms with Gasteiger partial charge in [0.15, 0.2) is 0 Å². The van der Waals surface area contributed by atoms with Crippen LogP contribution in [0.4, 0.5) is 0 Å². The summed E-state index contributed by atoms with van der Waals surface area (Å²) in [5.41, 5.74) is 0.388. The lowest BCUT2D eigenvalue weighted by Crippen LogP contribution is -2.21. The summed E-state index contributed by atoms with van der Waals surface area (Å²) in [6.45, 7) is 3.43. The Kier molecular flexibility index (Phi) is 3.42. The predicted molar refractivity (Wildman–Crippen MR) is 69.5 cm³/mol. The van der Waals surface area contributed by atoms with E-state index in [1.54, 1.807) is 26.0 Å². The minimum absolute atomic E-state index is 0.295. The Morgan fingerprint density at radius 3 is 2.39 bits per heavy atom. The summed E-state index contributed by atoms with van der Waals surface area (Å²) in [4.78, 5) is 23.6. The molecule has 0 saturated heterocycles. The molecule has 3 heteroatoms. The SMILES string of the molecule is CC(C)OC(=O)C(=O)c1cccc2ccccc12. The van der Waals surface area contributed by atoms with Gasteiger partial charge >= 0.3 is 5.97 Å². The first-order valence-electron chi connectivity index (χ1n) is 5.82. The largest absolute Gasteiger partial charge is 0.457 e. The molecule has 0 aliphatic carbocycles. The standard InChI is InChI=1S/C15H14O3/c1-10(2)18-15(17)14(16)13-9-5-7-11-6-3-4-8-12(11)13/h3-10H,1-2H3. The average Bonchev–Trinajstić information content (AvgIpc) is 2.36. The fourth-order valence-electron chi connectivity index (χ4n) is 1.80. The van der Waals surface area contributed by atoms with Gasteiger partial charge in [0.2, 0.25) is 0 Å². The molecule has 2 aromatic carbocycles. The number of benzene rings is 2. The second-order valence-corrected chi connectivity index (χ2v) is 4.31. The third-order valence-electron chi connectivity index (χ3n) is 2.56. The maximum Gasteiger partial charge on any atom is 0.379 e. The average molecular weight is 242 g/mol. The molecule has 0 heterocycles. The van der Waals surface area contributed by atoms with Crippen LogP contribution in [0.15, 0.2) is 42.5 Å². The quantitative estimate of drug-likeness (QED) is 0.472. The zero-order valence-electron chi connectivity index (χ0n) is 10.3. The molecular weight excluding hydrogens is 228 g/mol. The predicted octanol–water partition coefficient (Wildman–Crippen LogP) is 2.97. The van der Waals surface area contributed by atoms with Crippen molar-refractivity contribution >= 4 is 22.5 Å². The molecule has 0 bridgehead atoms. The van der Waals surface area contributed by atoms with E-state index in [0.717, 1.165) is 10.8 Å². The Balaban J connectivity index is 2.42. The van der Waals surface area contributed by atoms with Gasteiger partial charge in [-0.15, -0.1) is 0 Å². The first-order chi connectivity index (χ1) is 8.59. The van der Waals surface area contributed by atoms with Crippen molar-refractivity contribution in [3.8, 4) is 0 Å². The first-order valence-corrected chi connectivity index (χ1v) is 5.82. The highest BCUT2D eigenvalue weighted by Crippen LogP contribution is 2.19. The Morgan fingerprint density at radius 2 is 1.67 bits per heavy atom. The fraction of sp³-hybridized carbons (Fsp3) is 0.200. The van der Waals surface area contributed by atoms with Gasteiger partial charge in [-0.05, 0) is 24.6 Å². The Labute approximate surface area is 105 Å². The molecule has 0 fully saturated rings. The monoisotopic (exact) mass is 242 g/mol. The summed E-state index contributed by atoms with van der Waals surface area (Å²) >= 11 is 0. The van der Waals surface area contributed by atoms with E-state index >= 15 is 0 Å². The van der Waals surface area contributed by atoms with E-state index < -0.39 is 11.8 Å². The van der Waals surface area contributed by atoms with Crippen molar-refractivity contribution in [2.45, 2.75) is 20.0 Å². The van der Waals surface area contributed by atoms with E-state index in [1.165, 1.54) is 0 Å². The smallest absolute Gasteiger partial charge is 0.379 e. The number of fused-ring (bicyclic) bond motifs is 1. The van der Waals surface area contributed by atoms with Gasteiger partial charge in [-0.3, -0.25) is 4.79 Å². The van der Waals surface area contributed by atoms with Gasteiger partial charge in [0, 0.05) is 5.56 Å². The van der Waals surface area contributed by atoms with E-state index in [4.69, 9.17) is 4.74 Å². The van der Waals surface area contributed by atoms with Crippen LogP contribution in [0, 0.1) is 0 Å². The minimum Gasteiger partial charge on any atom is -0.457 e. The summed E-state index contributed by atoms with van der Waals surface area (Å²) in [6, 6.07) is 12.8. The van der Waals surface area contributed by atoms with Gasteiger partial charge in [0.05, 0.1) is 6.10 Å². The molecule has 0 saturated carbocycles. The van der Waals surface area contributed by atoms with Crippen molar-refractivity contribution in [3.05, 3.63) is 48.0 Å². The van der Waals surface area contributed by atoms with E-state index in [2.05, 4.69) is 0 Å². The number of carbonyl (C=O) groups excluding carboxylic acids is 2. The van der Waals surface area contributed by atoms with Gasteiger partial charge in [-0.2, -0.15) is 0 Å². The number of ether oxygens (including phenoxy) is 1. The molecule has 0 radical (unpaired) electrons. The van der Waals surface area contributed by atoms with E-state index in [0.29, 0.717) is 5.56 Å². The lowest BCUT2D eigenvalue weighted by molar-refractivity contribution is -0.141. The molecule has 0 N–H and O–H groups in total. The molecule has 0 unspecified atom stereocenters. The molecule has 18 heavy (non-hydrogen) atoms. The van der Waals surface area contributed by atoms with Crippen LogP contribution in [0.5, 0.6) is 0 Å². The van der Waals surface area contributed by atoms with Gasteiger partial charge in [0.1, 0.15) is 0 Å². The number of hydrogen-bond donors (Lipinski definition) is 0. The molecule has 2 aromatic rings. The number of carbonyl (C=O) groups is 2. The molecule has 0 amide bonds. The topological polar surface area (TPSA) is 43.4 Å². The van der Waals surface area contributed by atoms with Crippen molar-refractivity contribution in [2.24, 2.45) is 0 Å². The minimum atomic E-state index is -0.804. The molecule has 0 aliphatic heterocycles. The van der Waals surface area contributed by atoms with E-state index in [-0.39, 0.29) is 6.10 Å². The molecule has 3 nitrogen and oxygen atoms in total.